The summed E-state index contributed by atoms with van der Waals surface area (Å²) in [6, 6.07) is 0.367. The molecule has 16 heavy (non-hydrogen) atoms. The fourth-order valence-corrected chi connectivity index (χ4v) is 2.73. The minimum absolute atomic E-state index is 0.0748. The molecule has 0 spiro atoms. The van der Waals surface area contributed by atoms with E-state index in [0.29, 0.717) is 18.5 Å². The Bertz CT molecular complexity index is 270. The third kappa shape index (κ3) is 3.53. The van der Waals surface area contributed by atoms with Gasteiger partial charge in [-0.1, -0.05) is 32.1 Å². The van der Waals surface area contributed by atoms with Crippen molar-refractivity contribution >= 4 is 5.97 Å². The number of rotatable bonds is 5. The standard InChI is InChI=1S/C13H21NO2/c1-3-9-14(10-13(15)16)12-8-6-5-7-11(12)4-2/h1,11-12H,4-10H2,2H3,(H,15,16). The van der Waals surface area contributed by atoms with Gasteiger partial charge in [0.1, 0.15) is 0 Å². The second kappa shape index (κ2) is 6.55. The van der Waals surface area contributed by atoms with Crippen molar-refractivity contribution in [1.29, 1.82) is 0 Å². The predicted molar refractivity (Wildman–Crippen MR) is 64.1 cm³/mol. The topological polar surface area (TPSA) is 40.5 Å². The van der Waals surface area contributed by atoms with Gasteiger partial charge in [-0.15, -0.1) is 6.42 Å². The molecule has 1 N–H and O–H groups in total. The Labute approximate surface area is 97.8 Å². The highest BCUT2D eigenvalue weighted by atomic mass is 16.4. The van der Waals surface area contributed by atoms with Gasteiger partial charge in [0.2, 0.25) is 0 Å². The highest BCUT2D eigenvalue weighted by Crippen LogP contribution is 2.30. The van der Waals surface area contributed by atoms with Gasteiger partial charge in [0, 0.05) is 6.04 Å². The lowest BCUT2D eigenvalue weighted by Gasteiger charge is -2.38. The Kier molecular flexibility index (Phi) is 5.34. The van der Waals surface area contributed by atoms with Crippen LogP contribution in [0.25, 0.3) is 0 Å². The van der Waals surface area contributed by atoms with Crippen LogP contribution in [0.1, 0.15) is 39.0 Å². The summed E-state index contributed by atoms with van der Waals surface area (Å²) >= 11 is 0. The molecule has 1 fully saturated rings. The highest BCUT2D eigenvalue weighted by Gasteiger charge is 2.29. The van der Waals surface area contributed by atoms with Crippen LogP contribution in [-0.4, -0.2) is 35.1 Å². The maximum absolute atomic E-state index is 10.8. The number of carboxylic acids is 1. The van der Waals surface area contributed by atoms with Crippen LogP contribution in [0.5, 0.6) is 0 Å². The van der Waals surface area contributed by atoms with Gasteiger partial charge in [0.25, 0.3) is 0 Å². The van der Waals surface area contributed by atoms with E-state index in [0.717, 1.165) is 12.8 Å². The van der Waals surface area contributed by atoms with E-state index >= 15 is 0 Å². The van der Waals surface area contributed by atoms with Gasteiger partial charge in [-0.25, -0.2) is 0 Å². The number of hydrogen-bond acceptors (Lipinski definition) is 2. The second-order valence-electron chi connectivity index (χ2n) is 4.52. The highest BCUT2D eigenvalue weighted by molar-refractivity contribution is 5.69. The van der Waals surface area contributed by atoms with Crippen molar-refractivity contribution in [3.63, 3.8) is 0 Å². The molecule has 0 amide bonds. The molecule has 1 saturated carbocycles. The van der Waals surface area contributed by atoms with Gasteiger partial charge in [0.05, 0.1) is 13.1 Å². The number of carboxylic acid groups (broad SMARTS) is 1. The number of hydrogen-bond donors (Lipinski definition) is 1. The zero-order valence-corrected chi connectivity index (χ0v) is 9.98. The van der Waals surface area contributed by atoms with E-state index in [2.05, 4.69) is 12.8 Å². The molecule has 0 aromatic carbocycles. The molecule has 0 saturated heterocycles. The summed E-state index contributed by atoms with van der Waals surface area (Å²) in [7, 11) is 0. The summed E-state index contributed by atoms with van der Waals surface area (Å²) in [4.78, 5) is 12.8. The van der Waals surface area contributed by atoms with Gasteiger partial charge in [-0.3, -0.25) is 9.69 Å². The average molecular weight is 223 g/mol. The lowest BCUT2D eigenvalue weighted by atomic mass is 9.82. The largest absolute Gasteiger partial charge is 0.480 e. The molecule has 1 rings (SSSR count). The molecule has 1 aliphatic rings. The van der Waals surface area contributed by atoms with Gasteiger partial charge in [0.15, 0.2) is 0 Å². The molecule has 0 radical (unpaired) electrons. The van der Waals surface area contributed by atoms with Gasteiger partial charge in [-0.2, -0.15) is 0 Å². The first kappa shape index (κ1) is 13.1. The molecule has 2 unspecified atom stereocenters. The van der Waals surface area contributed by atoms with Crippen molar-refractivity contribution in [2.75, 3.05) is 13.1 Å². The zero-order valence-electron chi connectivity index (χ0n) is 9.98. The van der Waals surface area contributed by atoms with Crippen LogP contribution >= 0.6 is 0 Å². The normalized spacial score (nSPS) is 25.3. The van der Waals surface area contributed by atoms with E-state index < -0.39 is 5.97 Å². The SMILES string of the molecule is C#CCN(CC(=O)O)C1CCCCC1CC. The summed E-state index contributed by atoms with van der Waals surface area (Å²) in [5.74, 6) is 2.41. The first-order chi connectivity index (χ1) is 7.69. The van der Waals surface area contributed by atoms with E-state index in [9.17, 15) is 4.79 Å². The number of terminal acetylenes is 1. The summed E-state index contributed by atoms with van der Waals surface area (Å²) in [5, 5.41) is 8.89. The molecule has 3 nitrogen and oxygen atoms in total. The van der Waals surface area contributed by atoms with Crippen LogP contribution in [0.2, 0.25) is 0 Å². The van der Waals surface area contributed by atoms with Crippen molar-refractivity contribution in [1.82, 2.24) is 4.90 Å². The fourth-order valence-electron chi connectivity index (χ4n) is 2.73. The van der Waals surface area contributed by atoms with E-state index in [4.69, 9.17) is 11.5 Å². The smallest absolute Gasteiger partial charge is 0.317 e. The second-order valence-corrected chi connectivity index (χ2v) is 4.52. The third-order valence-electron chi connectivity index (χ3n) is 3.50. The molecule has 0 aliphatic heterocycles. The first-order valence-corrected chi connectivity index (χ1v) is 6.08. The predicted octanol–water partition coefficient (Wildman–Crippen LogP) is 1.97. The lowest BCUT2D eigenvalue weighted by Crippen LogP contribution is -2.45. The third-order valence-corrected chi connectivity index (χ3v) is 3.50. The molecule has 90 valence electrons. The van der Waals surface area contributed by atoms with E-state index in [1.807, 2.05) is 4.90 Å². The summed E-state index contributed by atoms with van der Waals surface area (Å²) < 4.78 is 0. The van der Waals surface area contributed by atoms with Crippen LogP contribution < -0.4 is 0 Å². The molecular weight excluding hydrogens is 202 g/mol. The van der Waals surface area contributed by atoms with Crippen molar-refractivity contribution in [2.45, 2.75) is 45.1 Å². The number of nitrogens with zero attached hydrogens (tertiary/aromatic N) is 1. The molecule has 1 aliphatic carbocycles. The molecule has 2 atom stereocenters. The Hall–Kier alpha value is -1.01. The van der Waals surface area contributed by atoms with Crippen molar-refractivity contribution in [3.05, 3.63) is 0 Å². The Morgan fingerprint density at radius 3 is 2.75 bits per heavy atom. The van der Waals surface area contributed by atoms with Crippen LogP contribution in [-0.2, 0) is 4.79 Å². The minimum Gasteiger partial charge on any atom is -0.480 e. The number of aliphatic carboxylic acids is 1. The monoisotopic (exact) mass is 223 g/mol. The Balaban J connectivity index is 2.66. The van der Waals surface area contributed by atoms with E-state index in [1.165, 1.54) is 19.3 Å². The van der Waals surface area contributed by atoms with Crippen LogP contribution in [0, 0.1) is 18.3 Å². The summed E-state index contributed by atoms with van der Waals surface area (Å²) in [6.07, 6.45) is 11.2. The Morgan fingerprint density at radius 2 is 2.19 bits per heavy atom. The van der Waals surface area contributed by atoms with Crippen LogP contribution in [0.3, 0.4) is 0 Å². The molecule has 0 aromatic rings. The molecule has 0 bridgehead atoms. The number of carbonyl (C=O) groups is 1. The van der Waals surface area contributed by atoms with E-state index in [-0.39, 0.29) is 6.54 Å². The quantitative estimate of drug-likeness (QED) is 0.724. The summed E-state index contributed by atoms with van der Waals surface area (Å²) in [5.41, 5.74) is 0. The molecular formula is C13H21NO2. The molecule has 0 aromatic heterocycles. The van der Waals surface area contributed by atoms with Gasteiger partial charge in [-0.05, 0) is 18.8 Å². The maximum atomic E-state index is 10.8. The van der Waals surface area contributed by atoms with Crippen molar-refractivity contribution < 1.29 is 9.90 Å². The lowest BCUT2D eigenvalue weighted by molar-refractivity contribution is -0.139. The molecule has 3 heteroatoms. The van der Waals surface area contributed by atoms with Crippen molar-refractivity contribution in [2.24, 2.45) is 5.92 Å². The van der Waals surface area contributed by atoms with Crippen LogP contribution in [0.15, 0.2) is 0 Å². The minimum atomic E-state index is -0.782. The average Bonchev–Trinajstić information content (AvgIpc) is 2.28. The van der Waals surface area contributed by atoms with Gasteiger partial charge < -0.3 is 5.11 Å². The fraction of sp³-hybridized carbons (Fsp3) is 0.769. The van der Waals surface area contributed by atoms with Gasteiger partial charge >= 0.3 is 5.97 Å². The molecule has 0 heterocycles. The first-order valence-electron chi connectivity index (χ1n) is 6.08. The zero-order chi connectivity index (χ0) is 12.0. The van der Waals surface area contributed by atoms with Crippen LogP contribution in [0.4, 0.5) is 0 Å². The Morgan fingerprint density at radius 1 is 1.50 bits per heavy atom. The maximum Gasteiger partial charge on any atom is 0.317 e. The van der Waals surface area contributed by atoms with E-state index in [1.54, 1.807) is 0 Å². The van der Waals surface area contributed by atoms with Crippen molar-refractivity contribution in [3.8, 4) is 12.3 Å². The summed E-state index contributed by atoms with van der Waals surface area (Å²) in [6.45, 7) is 2.71.